The SMILES string of the molecule is CCOc1c([C@@H](C)c2nc(Cl)c3c(N)nccn23)cc(Cl)c(C)c1N1CCOCC1. The Morgan fingerprint density at radius 2 is 2.03 bits per heavy atom. The molecule has 0 unspecified atom stereocenters. The Balaban J connectivity index is 1.90. The number of hydrogen-bond donors (Lipinski definition) is 1. The van der Waals surface area contributed by atoms with Crippen LogP contribution in [-0.2, 0) is 4.74 Å². The Bertz CT molecular complexity index is 1080. The Hall–Kier alpha value is -2.22. The van der Waals surface area contributed by atoms with Gasteiger partial charge in [0, 0.05) is 42.0 Å². The number of morpholine rings is 1. The molecule has 3 heterocycles. The quantitative estimate of drug-likeness (QED) is 0.624. The van der Waals surface area contributed by atoms with Crippen molar-refractivity contribution < 1.29 is 9.47 Å². The number of hydrogen-bond acceptors (Lipinski definition) is 6. The van der Waals surface area contributed by atoms with Crippen LogP contribution >= 0.6 is 23.2 Å². The highest BCUT2D eigenvalue weighted by molar-refractivity contribution is 6.33. The van der Waals surface area contributed by atoms with E-state index in [0.717, 1.165) is 41.5 Å². The van der Waals surface area contributed by atoms with E-state index in [0.29, 0.717) is 41.3 Å². The minimum atomic E-state index is -0.147. The fourth-order valence-corrected chi connectivity index (χ4v) is 4.48. The minimum absolute atomic E-state index is 0.147. The van der Waals surface area contributed by atoms with Crippen molar-refractivity contribution in [1.29, 1.82) is 0 Å². The number of benzene rings is 1. The van der Waals surface area contributed by atoms with Gasteiger partial charge in [0.15, 0.2) is 11.0 Å². The first-order valence-electron chi connectivity index (χ1n) is 10.00. The number of nitrogen functional groups attached to an aromatic ring is 1. The normalized spacial score (nSPS) is 15.6. The Morgan fingerprint density at radius 1 is 1.30 bits per heavy atom. The van der Waals surface area contributed by atoms with Crippen LogP contribution in [0.2, 0.25) is 10.2 Å². The van der Waals surface area contributed by atoms with Crippen molar-refractivity contribution >= 4 is 40.2 Å². The van der Waals surface area contributed by atoms with Gasteiger partial charge in [-0.2, -0.15) is 0 Å². The summed E-state index contributed by atoms with van der Waals surface area (Å²) >= 11 is 13.1. The average molecular weight is 450 g/mol. The Kier molecular flexibility index (Phi) is 5.95. The number of nitrogens with zero attached hydrogens (tertiary/aromatic N) is 4. The van der Waals surface area contributed by atoms with Crippen molar-refractivity contribution in [3.63, 3.8) is 0 Å². The third kappa shape index (κ3) is 3.55. The van der Waals surface area contributed by atoms with E-state index in [-0.39, 0.29) is 5.92 Å². The maximum absolute atomic E-state index is 6.69. The van der Waals surface area contributed by atoms with Crippen LogP contribution in [0.25, 0.3) is 5.52 Å². The zero-order valence-electron chi connectivity index (χ0n) is 17.3. The van der Waals surface area contributed by atoms with Crippen LogP contribution in [-0.4, -0.2) is 47.3 Å². The lowest BCUT2D eigenvalue weighted by Gasteiger charge is -2.33. The Morgan fingerprint density at radius 3 is 2.73 bits per heavy atom. The molecule has 2 aromatic heterocycles. The first kappa shape index (κ1) is 21.0. The standard InChI is InChI=1S/C21H25Cl2N5O2/c1-4-30-18-14(11-15(22)13(3)16(18)27-7-9-29-10-8-27)12(2)21-26-19(23)17-20(24)25-5-6-28(17)21/h5-6,11-12H,4,7-10H2,1-3H3,(H2,24,25)/t12-/m1/s1. The van der Waals surface area contributed by atoms with Gasteiger partial charge in [-0.15, -0.1) is 0 Å². The maximum Gasteiger partial charge on any atom is 0.158 e. The minimum Gasteiger partial charge on any atom is -0.491 e. The lowest BCUT2D eigenvalue weighted by atomic mass is 9.95. The zero-order valence-corrected chi connectivity index (χ0v) is 18.8. The smallest absolute Gasteiger partial charge is 0.158 e. The van der Waals surface area contributed by atoms with Crippen molar-refractivity contribution in [2.75, 3.05) is 43.5 Å². The van der Waals surface area contributed by atoms with Crippen molar-refractivity contribution in [2.24, 2.45) is 0 Å². The molecule has 1 aromatic carbocycles. The summed E-state index contributed by atoms with van der Waals surface area (Å²) in [6.45, 7) is 9.54. The molecule has 1 fully saturated rings. The predicted octanol–water partition coefficient (Wildman–Crippen LogP) is 4.31. The van der Waals surface area contributed by atoms with E-state index in [1.54, 1.807) is 6.20 Å². The molecule has 1 saturated heterocycles. The van der Waals surface area contributed by atoms with Gasteiger partial charge in [-0.3, -0.25) is 4.40 Å². The van der Waals surface area contributed by atoms with E-state index in [1.165, 1.54) is 0 Å². The second kappa shape index (κ2) is 8.49. The molecule has 3 aromatic rings. The van der Waals surface area contributed by atoms with Crippen LogP contribution in [0.15, 0.2) is 18.5 Å². The number of halogens is 2. The largest absolute Gasteiger partial charge is 0.491 e. The molecule has 1 aliphatic rings. The van der Waals surface area contributed by atoms with Crippen molar-refractivity contribution in [2.45, 2.75) is 26.7 Å². The molecule has 9 heteroatoms. The summed E-state index contributed by atoms with van der Waals surface area (Å²) in [5.41, 5.74) is 9.60. The first-order chi connectivity index (χ1) is 14.4. The molecular weight excluding hydrogens is 425 g/mol. The fourth-order valence-electron chi connectivity index (χ4n) is 4.00. The van der Waals surface area contributed by atoms with Crippen molar-refractivity contribution in [1.82, 2.24) is 14.4 Å². The number of anilines is 2. The van der Waals surface area contributed by atoms with Gasteiger partial charge in [0.2, 0.25) is 0 Å². The summed E-state index contributed by atoms with van der Waals surface area (Å²) in [5.74, 6) is 1.77. The summed E-state index contributed by atoms with van der Waals surface area (Å²) in [4.78, 5) is 11.0. The number of nitrogens with two attached hydrogens (primary N) is 1. The van der Waals surface area contributed by atoms with Gasteiger partial charge in [-0.05, 0) is 25.5 Å². The fraction of sp³-hybridized carbons (Fsp3) is 0.429. The van der Waals surface area contributed by atoms with Crippen LogP contribution in [0.3, 0.4) is 0 Å². The number of imidazole rings is 1. The van der Waals surface area contributed by atoms with Gasteiger partial charge < -0.3 is 20.1 Å². The molecule has 1 atom stereocenters. The van der Waals surface area contributed by atoms with Gasteiger partial charge in [0.25, 0.3) is 0 Å². The number of aromatic nitrogens is 3. The van der Waals surface area contributed by atoms with Crippen LogP contribution in [0, 0.1) is 6.92 Å². The summed E-state index contributed by atoms with van der Waals surface area (Å²) in [6, 6.07) is 1.97. The molecule has 7 nitrogen and oxygen atoms in total. The highest BCUT2D eigenvalue weighted by Gasteiger charge is 2.28. The van der Waals surface area contributed by atoms with Crippen LogP contribution in [0.5, 0.6) is 5.75 Å². The lowest BCUT2D eigenvalue weighted by Crippen LogP contribution is -2.37. The average Bonchev–Trinajstić information content (AvgIpc) is 3.09. The highest BCUT2D eigenvalue weighted by atomic mass is 35.5. The van der Waals surface area contributed by atoms with Crippen LogP contribution in [0.4, 0.5) is 11.5 Å². The summed E-state index contributed by atoms with van der Waals surface area (Å²) in [6.07, 6.45) is 3.46. The second-order valence-corrected chi connectivity index (χ2v) is 8.06. The van der Waals surface area contributed by atoms with Gasteiger partial charge in [-0.1, -0.05) is 30.1 Å². The Labute approximate surface area is 185 Å². The predicted molar refractivity (Wildman–Crippen MR) is 120 cm³/mol. The van der Waals surface area contributed by atoms with E-state index in [9.17, 15) is 0 Å². The second-order valence-electron chi connectivity index (χ2n) is 7.30. The monoisotopic (exact) mass is 449 g/mol. The first-order valence-corrected chi connectivity index (χ1v) is 10.8. The molecule has 0 saturated carbocycles. The molecular formula is C21H25Cl2N5O2. The van der Waals surface area contributed by atoms with Crippen LogP contribution < -0.4 is 15.4 Å². The molecule has 0 bridgehead atoms. The highest BCUT2D eigenvalue weighted by Crippen LogP contribution is 2.44. The molecule has 4 rings (SSSR count). The van der Waals surface area contributed by atoms with Crippen molar-refractivity contribution in [3.8, 4) is 5.75 Å². The molecule has 160 valence electrons. The molecule has 1 aliphatic heterocycles. The summed E-state index contributed by atoms with van der Waals surface area (Å²) in [7, 11) is 0. The third-order valence-corrected chi connectivity index (χ3v) is 6.17. The lowest BCUT2D eigenvalue weighted by molar-refractivity contribution is 0.122. The molecule has 0 amide bonds. The van der Waals surface area contributed by atoms with E-state index in [1.807, 2.05) is 30.5 Å². The van der Waals surface area contributed by atoms with Crippen molar-refractivity contribution in [3.05, 3.63) is 45.6 Å². The van der Waals surface area contributed by atoms with E-state index in [2.05, 4.69) is 21.8 Å². The molecule has 2 N–H and O–H groups in total. The van der Waals surface area contributed by atoms with E-state index >= 15 is 0 Å². The van der Waals surface area contributed by atoms with Gasteiger partial charge in [-0.25, -0.2) is 9.97 Å². The third-order valence-electron chi connectivity index (χ3n) is 5.51. The number of rotatable bonds is 5. The summed E-state index contributed by atoms with van der Waals surface area (Å²) in [5, 5.41) is 1.02. The summed E-state index contributed by atoms with van der Waals surface area (Å²) < 4.78 is 13.6. The van der Waals surface area contributed by atoms with Gasteiger partial charge >= 0.3 is 0 Å². The number of fused-ring (bicyclic) bond motifs is 1. The molecule has 0 radical (unpaired) electrons. The van der Waals surface area contributed by atoms with Crippen LogP contribution in [0.1, 0.15) is 36.7 Å². The number of ether oxygens (including phenoxy) is 2. The zero-order chi connectivity index (χ0) is 21.4. The molecule has 0 aliphatic carbocycles. The maximum atomic E-state index is 6.69. The molecule has 0 spiro atoms. The van der Waals surface area contributed by atoms with Gasteiger partial charge in [0.05, 0.1) is 25.5 Å². The van der Waals surface area contributed by atoms with E-state index < -0.39 is 0 Å². The van der Waals surface area contributed by atoms with Gasteiger partial charge in [0.1, 0.15) is 17.1 Å². The topological polar surface area (TPSA) is 77.9 Å². The van der Waals surface area contributed by atoms with E-state index in [4.69, 9.17) is 38.4 Å². The molecule has 30 heavy (non-hydrogen) atoms.